The van der Waals surface area contributed by atoms with Gasteiger partial charge in [-0.05, 0) is 18.4 Å². The first-order chi connectivity index (χ1) is 6.83. The van der Waals surface area contributed by atoms with Crippen molar-refractivity contribution in [3.63, 3.8) is 0 Å². The van der Waals surface area contributed by atoms with E-state index < -0.39 is 0 Å². The van der Waals surface area contributed by atoms with Crippen molar-refractivity contribution in [3.05, 3.63) is 35.9 Å². The number of amidine groups is 1. The average Bonchev–Trinajstić information content (AvgIpc) is 3.03. The van der Waals surface area contributed by atoms with Gasteiger partial charge in [0.2, 0.25) is 0 Å². The van der Waals surface area contributed by atoms with Crippen molar-refractivity contribution >= 4 is 5.84 Å². The van der Waals surface area contributed by atoms with Crippen molar-refractivity contribution in [2.75, 3.05) is 7.05 Å². The summed E-state index contributed by atoms with van der Waals surface area (Å²) in [6.45, 7) is 0. The fourth-order valence-electron chi connectivity index (χ4n) is 1.96. The van der Waals surface area contributed by atoms with Gasteiger partial charge in [-0.25, -0.2) is 5.84 Å². The zero-order chi connectivity index (χ0) is 10.0. The number of benzene rings is 1. The Hall–Kier alpha value is -1.35. The number of hydrogen-bond donors (Lipinski definition) is 2. The molecular formula is C11H15N3. The average molecular weight is 189 g/mol. The molecule has 1 aromatic carbocycles. The Labute approximate surface area is 84.0 Å². The molecule has 3 nitrogen and oxygen atoms in total. The lowest BCUT2D eigenvalue weighted by Gasteiger charge is -2.17. The van der Waals surface area contributed by atoms with Crippen LogP contribution in [0.3, 0.4) is 0 Å². The van der Waals surface area contributed by atoms with Gasteiger partial charge in [0.25, 0.3) is 0 Å². The molecule has 74 valence electrons. The van der Waals surface area contributed by atoms with Gasteiger partial charge in [-0.15, -0.1) is 0 Å². The van der Waals surface area contributed by atoms with Crippen LogP contribution in [0.5, 0.6) is 0 Å². The van der Waals surface area contributed by atoms with Crippen molar-refractivity contribution in [3.8, 4) is 0 Å². The predicted octanol–water partition coefficient (Wildman–Crippen LogP) is 1.21. The Bertz CT molecular complexity index is 339. The number of hydrazine groups is 1. The molecule has 1 aromatic rings. The summed E-state index contributed by atoms with van der Waals surface area (Å²) in [7, 11) is 1.78. The lowest BCUT2D eigenvalue weighted by Crippen LogP contribution is -2.39. The number of nitrogens with zero attached hydrogens (tertiary/aromatic N) is 1. The molecule has 1 aliphatic rings. The number of nitrogens with one attached hydrogen (secondary N) is 1. The zero-order valence-electron chi connectivity index (χ0n) is 8.33. The van der Waals surface area contributed by atoms with E-state index in [1.807, 2.05) is 6.07 Å². The number of rotatable bonds is 2. The maximum atomic E-state index is 5.47. The minimum Gasteiger partial charge on any atom is -0.312 e. The molecular weight excluding hydrogens is 174 g/mol. The van der Waals surface area contributed by atoms with Crippen molar-refractivity contribution in [2.24, 2.45) is 10.8 Å². The van der Waals surface area contributed by atoms with E-state index in [1.165, 1.54) is 5.56 Å². The zero-order valence-corrected chi connectivity index (χ0v) is 8.33. The van der Waals surface area contributed by atoms with Gasteiger partial charge in [0.05, 0.1) is 5.41 Å². The number of hydrogen-bond acceptors (Lipinski definition) is 2. The number of nitrogens with two attached hydrogens (primary N) is 1. The largest absolute Gasteiger partial charge is 0.312 e. The first-order valence-corrected chi connectivity index (χ1v) is 4.83. The molecule has 1 aliphatic carbocycles. The van der Waals surface area contributed by atoms with Crippen LogP contribution in [0.25, 0.3) is 0 Å². The summed E-state index contributed by atoms with van der Waals surface area (Å²) in [4.78, 5) is 4.20. The van der Waals surface area contributed by atoms with Gasteiger partial charge in [-0.2, -0.15) is 0 Å². The third-order valence-electron chi connectivity index (χ3n) is 2.89. The molecule has 0 spiro atoms. The van der Waals surface area contributed by atoms with Gasteiger partial charge in [0, 0.05) is 7.05 Å². The summed E-state index contributed by atoms with van der Waals surface area (Å²) < 4.78 is 0. The standard InChI is InChI=1S/C11H15N3/c1-13-10(14-12)11(7-8-11)9-5-3-2-4-6-9/h2-6H,7-8,12H2,1H3,(H,13,14). The van der Waals surface area contributed by atoms with Crippen LogP contribution >= 0.6 is 0 Å². The maximum absolute atomic E-state index is 5.47. The molecule has 0 heterocycles. The first-order valence-electron chi connectivity index (χ1n) is 4.83. The molecule has 0 aliphatic heterocycles. The molecule has 0 radical (unpaired) electrons. The predicted molar refractivity (Wildman–Crippen MR) is 58.0 cm³/mol. The molecule has 0 aromatic heterocycles. The molecule has 1 fully saturated rings. The molecule has 0 unspecified atom stereocenters. The Morgan fingerprint density at radius 1 is 1.36 bits per heavy atom. The van der Waals surface area contributed by atoms with Crippen LogP contribution < -0.4 is 11.3 Å². The molecule has 0 saturated heterocycles. The van der Waals surface area contributed by atoms with Crippen LogP contribution in [-0.4, -0.2) is 12.9 Å². The smallest absolute Gasteiger partial charge is 0.121 e. The lowest BCUT2D eigenvalue weighted by atomic mass is 9.95. The maximum Gasteiger partial charge on any atom is 0.121 e. The Morgan fingerprint density at radius 2 is 2.00 bits per heavy atom. The summed E-state index contributed by atoms with van der Waals surface area (Å²) in [6.07, 6.45) is 2.27. The van der Waals surface area contributed by atoms with E-state index in [0.717, 1.165) is 18.7 Å². The van der Waals surface area contributed by atoms with Crippen LogP contribution in [0.2, 0.25) is 0 Å². The first kappa shape index (κ1) is 9.21. The van der Waals surface area contributed by atoms with E-state index in [-0.39, 0.29) is 5.41 Å². The van der Waals surface area contributed by atoms with Crippen LogP contribution in [0.15, 0.2) is 35.3 Å². The molecule has 3 N–H and O–H groups in total. The second-order valence-corrected chi connectivity index (χ2v) is 3.66. The van der Waals surface area contributed by atoms with Crippen molar-refractivity contribution < 1.29 is 0 Å². The van der Waals surface area contributed by atoms with E-state index in [2.05, 4.69) is 34.7 Å². The fraction of sp³-hybridized carbons (Fsp3) is 0.364. The van der Waals surface area contributed by atoms with Crippen molar-refractivity contribution in [1.29, 1.82) is 0 Å². The molecule has 2 rings (SSSR count). The summed E-state index contributed by atoms with van der Waals surface area (Å²) in [5.41, 5.74) is 4.08. The van der Waals surface area contributed by atoms with E-state index in [4.69, 9.17) is 5.84 Å². The molecule has 0 amide bonds. The summed E-state index contributed by atoms with van der Waals surface area (Å²) >= 11 is 0. The highest BCUT2D eigenvalue weighted by atomic mass is 15.3. The van der Waals surface area contributed by atoms with Crippen LogP contribution in [0.1, 0.15) is 18.4 Å². The molecule has 0 atom stereocenters. The van der Waals surface area contributed by atoms with Gasteiger partial charge < -0.3 is 5.43 Å². The minimum atomic E-state index is 0.0742. The van der Waals surface area contributed by atoms with E-state index in [9.17, 15) is 0 Å². The van der Waals surface area contributed by atoms with Gasteiger partial charge in [-0.1, -0.05) is 30.3 Å². The quantitative estimate of drug-likeness (QED) is 0.318. The van der Waals surface area contributed by atoms with E-state index >= 15 is 0 Å². The summed E-state index contributed by atoms with van der Waals surface area (Å²) in [5.74, 6) is 6.36. The monoisotopic (exact) mass is 189 g/mol. The van der Waals surface area contributed by atoms with Crippen LogP contribution in [0.4, 0.5) is 0 Å². The third kappa shape index (κ3) is 1.30. The normalized spacial score (nSPS) is 19.1. The summed E-state index contributed by atoms with van der Waals surface area (Å²) in [5, 5.41) is 0. The lowest BCUT2D eigenvalue weighted by molar-refractivity contribution is 0.850. The third-order valence-corrected chi connectivity index (χ3v) is 2.89. The van der Waals surface area contributed by atoms with Gasteiger partial charge >= 0.3 is 0 Å². The van der Waals surface area contributed by atoms with Crippen molar-refractivity contribution in [2.45, 2.75) is 18.3 Å². The Kier molecular flexibility index (Phi) is 2.25. The molecule has 3 heteroatoms. The van der Waals surface area contributed by atoms with Crippen LogP contribution in [-0.2, 0) is 5.41 Å². The second-order valence-electron chi connectivity index (χ2n) is 3.66. The highest BCUT2D eigenvalue weighted by Crippen LogP contribution is 2.48. The van der Waals surface area contributed by atoms with E-state index in [0.29, 0.717) is 0 Å². The molecule has 1 saturated carbocycles. The number of aliphatic imine (C=N–C) groups is 1. The SMILES string of the molecule is CN=C(NN)C1(c2ccccc2)CC1. The molecule has 14 heavy (non-hydrogen) atoms. The second kappa shape index (κ2) is 3.42. The van der Waals surface area contributed by atoms with Crippen molar-refractivity contribution in [1.82, 2.24) is 5.43 Å². The Balaban J connectivity index is 2.34. The topological polar surface area (TPSA) is 50.4 Å². The fourth-order valence-corrected chi connectivity index (χ4v) is 1.96. The van der Waals surface area contributed by atoms with Gasteiger partial charge in [0.1, 0.15) is 5.84 Å². The molecule has 0 bridgehead atoms. The van der Waals surface area contributed by atoms with Gasteiger partial charge in [0.15, 0.2) is 0 Å². The Morgan fingerprint density at radius 3 is 2.43 bits per heavy atom. The van der Waals surface area contributed by atoms with Gasteiger partial charge in [-0.3, -0.25) is 4.99 Å². The highest BCUT2D eigenvalue weighted by Gasteiger charge is 2.48. The van der Waals surface area contributed by atoms with Crippen LogP contribution in [0, 0.1) is 0 Å². The minimum absolute atomic E-state index is 0.0742. The summed E-state index contributed by atoms with van der Waals surface area (Å²) in [6, 6.07) is 10.4. The van der Waals surface area contributed by atoms with E-state index in [1.54, 1.807) is 7.05 Å². The highest BCUT2D eigenvalue weighted by molar-refractivity contribution is 5.95.